The van der Waals surface area contributed by atoms with Crippen LogP contribution in [-0.4, -0.2) is 39.0 Å². The Kier molecular flexibility index (Phi) is 9.16. The normalized spacial score (nSPS) is 10.8. The van der Waals surface area contributed by atoms with E-state index < -0.39 is 5.97 Å². The summed E-state index contributed by atoms with van der Waals surface area (Å²) in [7, 11) is 4.12. The molecule has 4 nitrogen and oxygen atoms in total. The first-order valence-corrected chi connectivity index (χ1v) is 2.50. The van der Waals surface area contributed by atoms with Crippen molar-refractivity contribution in [2.24, 2.45) is 0 Å². The number of ether oxygens (including phenoxy) is 3. The summed E-state index contributed by atoms with van der Waals surface area (Å²) in [5, 5.41) is 9.06. The largest absolute Gasteiger partial charge is 0.376 e. The molecule has 0 aromatic heterocycles. The molecule has 0 aromatic rings. The van der Waals surface area contributed by atoms with Gasteiger partial charge >= 0.3 is 5.97 Å². The maximum atomic E-state index is 9.06. The van der Waals surface area contributed by atoms with E-state index in [1.54, 1.807) is 0 Å². The Hall–Kier alpha value is 1.03. The topological polar surface area (TPSA) is 47.9 Å². The van der Waals surface area contributed by atoms with Crippen molar-refractivity contribution in [2.45, 2.75) is 5.97 Å². The summed E-state index contributed by atoms with van der Waals surface area (Å²) in [6, 6.07) is 0. The van der Waals surface area contributed by atoms with Gasteiger partial charge in [-0.3, -0.25) is 0 Å². The van der Waals surface area contributed by atoms with E-state index in [1.165, 1.54) is 21.3 Å². The monoisotopic (exact) mass is 275 g/mol. The van der Waals surface area contributed by atoms with Gasteiger partial charge in [0.15, 0.2) is 0 Å². The minimum Gasteiger partial charge on any atom is -0.376 e. The number of rotatable bonds is 4. The van der Waals surface area contributed by atoms with E-state index in [0.717, 1.165) is 0 Å². The first-order chi connectivity index (χ1) is 4.18. The summed E-state index contributed by atoms with van der Waals surface area (Å²) >= 11 is 0. The van der Waals surface area contributed by atoms with Gasteiger partial charge in [0.2, 0.25) is 0 Å². The zero-order valence-corrected chi connectivity index (χ0v) is 10.1. The van der Waals surface area contributed by atoms with E-state index in [0.29, 0.717) is 0 Å². The summed E-state index contributed by atoms with van der Waals surface area (Å²) in [6.07, 6.45) is 0. The predicted molar refractivity (Wildman–Crippen MR) is 30.8 cm³/mol. The van der Waals surface area contributed by atoms with Crippen molar-refractivity contribution in [3.63, 3.8) is 0 Å². The van der Waals surface area contributed by atoms with Crippen LogP contribution in [0.25, 0.3) is 0 Å². The summed E-state index contributed by atoms with van der Waals surface area (Å²) in [5.41, 5.74) is 0. The van der Waals surface area contributed by atoms with Crippen molar-refractivity contribution in [3.8, 4) is 0 Å². The fraction of sp³-hybridized carbons (Fsp3) is 1.00. The Labute approximate surface area is 88.4 Å². The Balaban J connectivity index is 0. The molecule has 0 unspecified atom stereocenters. The summed E-state index contributed by atoms with van der Waals surface area (Å²) in [5.74, 6) is -1.59. The van der Waals surface area contributed by atoms with E-state index in [1.807, 2.05) is 0 Å². The van der Waals surface area contributed by atoms with Crippen LogP contribution < -0.4 is 0 Å². The van der Waals surface area contributed by atoms with Crippen molar-refractivity contribution < 1.29 is 54.9 Å². The zero-order chi connectivity index (χ0) is 7.33. The first-order valence-electron chi connectivity index (χ1n) is 2.50. The van der Waals surface area contributed by atoms with Crippen molar-refractivity contribution >= 4 is 0 Å². The molecule has 0 aliphatic rings. The van der Waals surface area contributed by atoms with E-state index in [4.69, 9.17) is 5.11 Å². The summed E-state index contributed by atoms with van der Waals surface area (Å²) in [6.45, 7) is 0. The fourth-order valence-corrected chi connectivity index (χ4v) is 0.384. The molecule has 0 saturated carbocycles. The van der Waals surface area contributed by atoms with Crippen LogP contribution in [0.2, 0.25) is 0 Å². The molecule has 0 aliphatic carbocycles. The molecule has 0 aromatic carbocycles. The van der Waals surface area contributed by atoms with Gasteiger partial charge in [-0.05, 0) is 0 Å². The predicted octanol–water partition coefficient (Wildman–Crippen LogP) is -0.428. The molecule has 10 heavy (non-hydrogen) atoms. The molecule has 0 heterocycles. The van der Waals surface area contributed by atoms with Crippen LogP contribution in [0.5, 0.6) is 0 Å². The first kappa shape index (κ1) is 13.6. The number of hydrogen-bond acceptors (Lipinski definition) is 4. The van der Waals surface area contributed by atoms with Crippen LogP contribution in [0.1, 0.15) is 0 Å². The average molecular weight is 275 g/mol. The van der Waals surface area contributed by atoms with Crippen LogP contribution in [0.3, 0.4) is 0 Å². The zero-order valence-electron chi connectivity index (χ0n) is 6.46. The smallest absolute Gasteiger partial charge is 0.304 e. The van der Waals surface area contributed by atoms with Crippen LogP contribution in [0.15, 0.2) is 0 Å². The molecule has 0 bridgehead atoms. The van der Waals surface area contributed by atoms with E-state index in [2.05, 4.69) is 14.2 Å². The maximum absolute atomic E-state index is 9.06. The summed E-state index contributed by atoms with van der Waals surface area (Å²) < 4.78 is 13.7. The molecule has 1 N–H and O–H groups in total. The molecular weight excluding hydrogens is 263 g/mol. The third-order valence-electron chi connectivity index (χ3n) is 0.965. The Bertz CT molecular complexity index is 74.0. The minimum atomic E-state index is -1.59. The van der Waals surface area contributed by atoms with Gasteiger partial charge in [-0.15, -0.1) is 0 Å². The standard InChI is InChI=1S/C5H12O4.La/c1-7-4-5(6,8-2)9-3;/h6H,4H2,1-3H3;. The quantitative estimate of drug-likeness (QED) is 0.707. The number of hydrogen-bond donors (Lipinski definition) is 1. The molecule has 0 spiro atoms. The average Bonchev–Trinajstić information content (AvgIpc) is 1.89. The van der Waals surface area contributed by atoms with Crippen molar-refractivity contribution in [3.05, 3.63) is 0 Å². The van der Waals surface area contributed by atoms with Crippen LogP contribution in [0, 0.1) is 35.6 Å². The van der Waals surface area contributed by atoms with Crippen molar-refractivity contribution in [1.82, 2.24) is 0 Å². The second-order valence-corrected chi connectivity index (χ2v) is 1.55. The third kappa shape index (κ3) is 4.79. The van der Waals surface area contributed by atoms with E-state index >= 15 is 0 Å². The van der Waals surface area contributed by atoms with E-state index in [9.17, 15) is 0 Å². The van der Waals surface area contributed by atoms with Gasteiger partial charge in [0.1, 0.15) is 6.61 Å². The van der Waals surface area contributed by atoms with Gasteiger partial charge in [0.25, 0.3) is 0 Å². The molecule has 0 atom stereocenters. The van der Waals surface area contributed by atoms with Gasteiger partial charge in [-0.2, -0.15) is 0 Å². The second kappa shape index (κ2) is 6.73. The molecule has 1 radical (unpaired) electrons. The number of methoxy groups -OCH3 is 3. The SMILES string of the molecule is COCC(O)(OC)OC.[La]. The van der Waals surface area contributed by atoms with Gasteiger partial charge < -0.3 is 19.3 Å². The van der Waals surface area contributed by atoms with Gasteiger partial charge in [0, 0.05) is 56.9 Å². The molecule has 59 valence electrons. The molecular formula is C5H12LaO4. The summed E-state index contributed by atoms with van der Waals surface area (Å²) in [4.78, 5) is 0. The molecule has 0 fully saturated rings. The Morgan fingerprint density at radius 1 is 1.20 bits per heavy atom. The second-order valence-electron chi connectivity index (χ2n) is 1.55. The molecule has 0 amide bonds. The van der Waals surface area contributed by atoms with Gasteiger partial charge in [-0.1, -0.05) is 0 Å². The van der Waals surface area contributed by atoms with Crippen molar-refractivity contribution in [2.75, 3.05) is 27.9 Å². The Morgan fingerprint density at radius 2 is 1.60 bits per heavy atom. The van der Waals surface area contributed by atoms with Gasteiger partial charge in [0.05, 0.1) is 0 Å². The molecule has 0 rings (SSSR count). The third-order valence-corrected chi connectivity index (χ3v) is 0.965. The fourth-order valence-electron chi connectivity index (χ4n) is 0.384. The van der Waals surface area contributed by atoms with Crippen LogP contribution in [0.4, 0.5) is 0 Å². The van der Waals surface area contributed by atoms with E-state index in [-0.39, 0.29) is 42.2 Å². The van der Waals surface area contributed by atoms with Crippen molar-refractivity contribution in [1.29, 1.82) is 0 Å². The van der Waals surface area contributed by atoms with Crippen LogP contribution in [-0.2, 0) is 14.2 Å². The molecule has 5 heteroatoms. The van der Waals surface area contributed by atoms with Gasteiger partial charge in [-0.25, -0.2) is 0 Å². The minimum absolute atomic E-state index is 0. The number of aliphatic hydroxyl groups is 1. The maximum Gasteiger partial charge on any atom is 0.304 e. The Morgan fingerprint density at radius 3 is 1.70 bits per heavy atom. The van der Waals surface area contributed by atoms with Crippen LogP contribution >= 0.6 is 0 Å². The molecule has 0 saturated heterocycles. The molecule has 0 aliphatic heterocycles.